The Morgan fingerprint density at radius 1 is 0.190 bits per heavy atom. The van der Waals surface area contributed by atoms with E-state index in [0.29, 0.717) is 68.3 Å². The van der Waals surface area contributed by atoms with Crippen molar-refractivity contribution in [1.29, 1.82) is 0 Å². The molecule has 0 aliphatic carbocycles. The van der Waals surface area contributed by atoms with Crippen LogP contribution in [0.2, 0.25) is 0 Å². The topological polar surface area (TPSA) is 155 Å². The minimum absolute atomic E-state index is 0.386. The molecule has 0 aliphatic rings. The highest BCUT2D eigenvalue weighted by molar-refractivity contribution is 6.10. The van der Waals surface area contributed by atoms with E-state index in [-0.39, 0.29) is 0 Å². The maximum Gasteiger partial charge on any atom is 0.160 e. The van der Waals surface area contributed by atoms with E-state index < -0.39 is 0 Å². The fourth-order valence-corrected chi connectivity index (χ4v) is 4.66. The molecule has 0 radical (unpaired) electrons. The van der Waals surface area contributed by atoms with E-state index in [1.54, 1.807) is 111 Å². The average molecular weight is 547 g/mol. The van der Waals surface area contributed by atoms with Gasteiger partial charge in [-0.1, -0.05) is 0 Å². The van der Waals surface area contributed by atoms with Crippen molar-refractivity contribution >= 4 is 0 Å². The molecule has 0 N–H and O–H groups in total. The number of nitrogens with zero attached hydrogens (tertiary/aromatic N) is 12. The first kappa shape index (κ1) is 24.7. The summed E-state index contributed by atoms with van der Waals surface area (Å²) in [6.07, 6.45) is 20.0. The van der Waals surface area contributed by atoms with E-state index in [0.717, 1.165) is 0 Å². The van der Waals surface area contributed by atoms with Crippen LogP contribution in [0.4, 0.5) is 0 Å². The Hall–Kier alpha value is -6.30. The van der Waals surface area contributed by atoms with Gasteiger partial charge in [0.2, 0.25) is 0 Å². The zero-order valence-corrected chi connectivity index (χ0v) is 21.8. The number of hydrogen-bond acceptors (Lipinski definition) is 12. The standard InChI is InChI=1S/C30H18N12/c1-7-31-25(32-8-1)19-20(26-33-9-2-10-34-26)22(28-37-13-4-14-38-28)24(30-41-17-6-18-42-30)23(29-39-15-5-16-40-29)21(19)27-35-11-3-12-36-27/h1-18H. The summed E-state index contributed by atoms with van der Waals surface area (Å²) in [6.45, 7) is 0. The molecule has 0 aliphatic heterocycles. The molecule has 0 atom stereocenters. The molecule has 0 spiro atoms. The summed E-state index contributed by atoms with van der Waals surface area (Å²) in [5.74, 6) is 2.32. The predicted octanol–water partition coefficient (Wildman–Crippen LogP) is 4.43. The molecule has 6 heterocycles. The second-order valence-corrected chi connectivity index (χ2v) is 8.68. The maximum absolute atomic E-state index is 4.66. The van der Waals surface area contributed by atoms with Gasteiger partial charge < -0.3 is 0 Å². The van der Waals surface area contributed by atoms with E-state index >= 15 is 0 Å². The summed E-state index contributed by atoms with van der Waals surface area (Å²) < 4.78 is 0. The predicted molar refractivity (Wildman–Crippen MR) is 153 cm³/mol. The van der Waals surface area contributed by atoms with Crippen LogP contribution in [0, 0.1) is 0 Å². The maximum atomic E-state index is 4.66. The SMILES string of the molecule is c1cnc(-c2c(-c3ncccn3)c(-c3ncccn3)c(-c3ncccn3)c(-c3ncccn3)c2-c2ncccn2)nc1. The van der Waals surface area contributed by atoms with Crippen LogP contribution in [-0.4, -0.2) is 59.8 Å². The highest BCUT2D eigenvalue weighted by atomic mass is 14.9. The number of aromatic nitrogens is 12. The van der Waals surface area contributed by atoms with Crippen molar-refractivity contribution in [2.24, 2.45) is 0 Å². The third-order valence-electron chi connectivity index (χ3n) is 6.24. The molecule has 42 heavy (non-hydrogen) atoms. The zero-order chi connectivity index (χ0) is 28.1. The summed E-state index contributed by atoms with van der Waals surface area (Å²) in [5.41, 5.74) is 3.32. The quantitative estimate of drug-likeness (QED) is 0.290. The molecule has 0 saturated heterocycles. The van der Waals surface area contributed by atoms with Crippen molar-refractivity contribution in [3.63, 3.8) is 0 Å². The molecule has 198 valence electrons. The van der Waals surface area contributed by atoms with Crippen molar-refractivity contribution in [2.45, 2.75) is 0 Å². The summed E-state index contributed by atoms with van der Waals surface area (Å²) in [5, 5.41) is 0. The van der Waals surface area contributed by atoms with Crippen molar-refractivity contribution in [3.8, 4) is 68.3 Å². The summed E-state index contributed by atoms with van der Waals surface area (Å²) in [7, 11) is 0. The molecule has 7 aromatic rings. The molecular weight excluding hydrogens is 528 g/mol. The first-order chi connectivity index (χ1) is 20.9. The lowest BCUT2D eigenvalue weighted by atomic mass is 9.83. The van der Waals surface area contributed by atoms with E-state index in [1.165, 1.54) is 0 Å². The highest BCUT2D eigenvalue weighted by Gasteiger charge is 2.34. The normalized spacial score (nSPS) is 10.9. The van der Waals surface area contributed by atoms with E-state index in [2.05, 4.69) is 59.8 Å². The van der Waals surface area contributed by atoms with Crippen molar-refractivity contribution in [2.75, 3.05) is 0 Å². The lowest BCUT2D eigenvalue weighted by Crippen LogP contribution is -2.09. The van der Waals surface area contributed by atoms with Crippen molar-refractivity contribution < 1.29 is 0 Å². The number of hydrogen-bond donors (Lipinski definition) is 0. The lowest BCUT2D eigenvalue weighted by Gasteiger charge is -2.23. The molecule has 0 saturated carbocycles. The van der Waals surface area contributed by atoms with Gasteiger partial charge in [0.15, 0.2) is 34.9 Å². The van der Waals surface area contributed by atoms with Gasteiger partial charge in [0.1, 0.15) is 0 Å². The van der Waals surface area contributed by atoms with Crippen LogP contribution in [0.5, 0.6) is 0 Å². The summed E-state index contributed by atoms with van der Waals surface area (Å²) >= 11 is 0. The van der Waals surface area contributed by atoms with E-state index in [1.807, 2.05) is 0 Å². The monoisotopic (exact) mass is 546 g/mol. The first-order valence-corrected chi connectivity index (χ1v) is 12.8. The van der Waals surface area contributed by atoms with Gasteiger partial charge in [-0.15, -0.1) is 0 Å². The Kier molecular flexibility index (Phi) is 6.51. The van der Waals surface area contributed by atoms with Gasteiger partial charge in [0.05, 0.1) is 0 Å². The van der Waals surface area contributed by atoms with Gasteiger partial charge in [-0.05, 0) is 36.4 Å². The molecule has 7 rings (SSSR count). The fraction of sp³-hybridized carbons (Fsp3) is 0. The second kappa shape index (κ2) is 11.1. The van der Waals surface area contributed by atoms with Gasteiger partial charge in [-0.25, -0.2) is 59.8 Å². The van der Waals surface area contributed by atoms with Gasteiger partial charge in [0, 0.05) is 108 Å². The molecule has 0 fully saturated rings. The number of benzene rings is 1. The third kappa shape index (κ3) is 4.48. The van der Waals surface area contributed by atoms with Gasteiger partial charge in [-0.3, -0.25) is 0 Å². The first-order valence-electron chi connectivity index (χ1n) is 12.8. The molecule has 0 unspecified atom stereocenters. The molecule has 6 aromatic heterocycles. The minimum atomic E-state index is 0.386. The van der Waals surface area contributed by atoms with Crippen LogP contribution < -0.4 is 0 Å². The minimum Gasteiger partial charge on any atom is -0.237 e. The Morgan fingerprint density at radius 3 is 0.429 bits per heavy atom. The van der Waals surface area contributed by atoms with Crippen molar-refractivity contribution in [1.82, 2.24) is 59.8 Å². The Bertz CT molecular complexity index is 1550. The van der Waals surface area contributed by atoms with Gasteiger partial charge >= 0.3 is 0 Å². The summed E-state index contributed by atoms with van der Waals surface area (Å²) in [4.78, 5) is 55.9. The molecule has 12 nitrogen and oxygen atoms in total. The van der Waals surface area contributed by atoms with Gasteiger partial charge in [0.25, 0.3) is 0 Å². The van der Waals surface area contributed by atoms with Crippen molar-refractivity contribution in [3.05, 3.63) is 111 Å². The Balaban J connectivity index is 1.81. The molecule has 0 bridgehead atoms. The van der Waals surface area contributed by atoms with E-state index in [9.17, 15) is 0 Å². The highest BCUT2D eigenvalue weighted by Crippen LogP contribution is 2.52. The molecule has 12 heteroatoms. The fourth-order valence-electron chi connectivity index (χ4n) is 4.66. The van der Waals surface area contributed by atoms with E-state index in [4.69, 9.17) is 0 Å². The van der Waals surface area contributed by atoms with Crippen LogP contribution in [0.15, 0.2) is 111 Å². The van der Waals surface area contributed by atoms with Crippen LogP contribution in [0.1, 0.15) is 0 Å². The van der Waals surface area contributed by atoms with Crippen LogP contribution in [0.3, 0.4) is 0 Å². The number of rotatable bonds is 6. The lowest BCUT2D eigenvalue weighted by molar-refractivity contribution is 1.11. The van der Waals surface area contributed by atoms with Crippen LogP contribution in [-0.2, 0) is 0 Å². The summed E-state index contributed by atoms with van der Waals surface area (Å²) in [6, 6.07) is 10.5. The molecule has 1 aromatic carbocycles. The zero-order valence-electron chi connectivity index (χ0n) is 21.8. The second-order valence-electron chi connectivity index (χ2n) is 8.68. The molecule has 0 amide bonds. The average Bonchev–Trinajstić information content (AvgIpc) is 3.09. The Morgan fingerprint density at radius 2 is 0.310 bits per heavy atom. The largest absolute Gasteiger partial charge is 0.237 e. The third-order valence-corrected chi connectivity index (χ3v) is 6.24. The smallest absolute Gasteiger partial charge is 0.160 e. The van der Waals surface area contributed by atoms with Crippen LogP contribution in [0.25, 0.3) is 68.3 Å². The molecular formula is C30H18N12. The van der Waals surface area contributed by atoms with Crippen LogP contribution >= 0.6 is 0 Å². The Labute approximate surface area is 238 Å². The van der Waals surface area contributed by atoms with Gasteiger partial charge in [-0.2, -0.15) is 0 Å².